The largest absolute Gasteiger partial charge is 0.335 e. The molecule has 1 fully saturated rings. The number of allylic oxidation sites excluding steroid dienone is 9. The van der Waals surface area contributed by atoms with Gasteiger partial charge < -0.3 is 4.90 Å². The fraction of sp³-hybridized carbons (Fsp3) is 0.423. The molecule has 0 aromatic carbocycles. The van der Waals surface area contributed by atoms with Crippen LogP contribution in [0.2, 0.25) is 0 Å². The standard InChI is InChI=1S/C26H29FN2/c1-15-7-5-9-19-11-20(12-24(27)17(15)3)28-26-23(19)14-29-18(4)21-10-6-8-16(2)22(21)13-25(26)29/h12-13,16H,1,4-11,14H2,2-3H3/b20-12+,24-17+. The molecular weight excluding hydrogens is 359 g/mol. The van der Waals surface area contributed by atoms with Crippen LogP contribution in [0, 0.1) is 5.92 Å². The van der Waals surface area contributed by atoms with E-state index < -0.39 is 0 Å². The Morgan fingerprint density at radius 1 is 1.10 bits per heavy atom. The number of rotatable bonds is 0. The van der Waals surface area contributed by atoms with Crippen molar-refractivity contribution in [3.8, 4) is 0 Å². The Kier molecular flexibility index (Phi) is 4.38. The predicted molar refractivity (Wildman–Crippen MR) is 118 cm³/mol. The summed E-state index contributed by atoms with van der Waals surface area (Å²) in [7, 11) is 0. The van der Waals surface area contributed by atoms with E-state index in [1.165, 1.54) is 40.8 Å². The smallest absolute Gasteiger partial charge is 0.128 e. The maximum atomic E-state index is 14.8. The van der Waals surface area contributed by atoms with Crippen molar-refractivity contribution >= 4 is 5.71 Å². The normalized spacial score (nSPS) is 31.6. The molecule has 0 spiro atoms. The van der Waals surface area contributed by atoms with Gasteiger partial charge in [0.15, 0.2) is 0 Å². The average molecular weight is 389 g/mol. The van der Waals surface area contributed by atoms with E-state index in [1.807, 2.05) is 6.92 Å². The maximum absolute atomic E-state index is 14.8. The zero-order valence-corrected chi connectivity index (χ0v) is 17.6. The van der Waals surface area contributed by atoms with Gasteiger partial charge in [-0.15, -0.1) is 0 Å². The van der Waals surface area contributed by atoms with Crippen LogP contribution in [-0.2, 0) is 0 Å². The van der Waals surface area contributed by atoms with Crippen molar-refractivity contribution in [3.63, 3.8) is 0 Å². The van der Waals surface area contributed by atoms with E-state index in [2.05, 4.69) is 31.1 Å². The lowest BCUT2D eigenvalue weighted by molar-refractivity contribution is 0.469. The first-order chi connectivity index (χ1) is 13.9. The van der Waals surface area contributed by atoms with E-state index in [9.17, 15) is 4.39 Å². The van der Waals surface area contributed by atoms with Crippen LogP contribution >= 0.6 is 0 Å². The second kappa shape index (κ2) is 6.83. The van der Waals surface area contributed by atoms with Gasteiger partial charge in [-0.05, 0) is 91.4 Å². The summed E-state index contributed by atoms with van der Waals surface area (Å²) >= 11 is 0. The zero-order chi connectivity index (χ0) is 20.3. The Morgan fingerprint density at radius 2 is 1.93 bits per heavy atom. The van der Waals surface area contributed by atoms with Gasteiger partial charge in [0.25, 0.3) is 0 Å². The minimum Gasteiger partial charge on any atom is -0.335 e. The molecule has 2 aliphatic carbocycles. The van der Waals surface area contributed by atoms with Crippen LogP contribution in [0.1, 0.15) is 58.8 Å². The van der Waals surface area contributed by atoms with Crippen molar-refractivity contribution in [1.82, 2.24) is 4.90 Å². The number of hydrogen-bond acceptors (Lipinski definition) is 2. The highest BCUT2D eigenvalue weighted by Gasteiger charge is 2.39. The summed E-state index contributed by atoms with van der Waals surface area (Å²) < 4.78 is 14.8. The molecule has 1 saturated heterocycles. The Labute approximate surface area is 173 Å². The highest BCUT2D eigenvalue weighted by atomic mass is 19.1. The first kappa shape index (κ1) is 18.6. The summed E-state index contributed by atoms with van der Waals surface area (Å²) in [5.41, 5.74) is 11.4. The minimum absolute atomic E-state index is 0.193. The van der Waals surface area contributed by atoms with Gasteiger partial charge in [0, 0.05) is 17.8 Å². The molecule has 2 nitrogen and oxygen atoms in total. The van der Waals surface area contributed by atoms with Gasteiger partial charge in [0.05, 0.1) is 18.0 Å². The third-order valence-corrected chi connectivity index (χ3v) is 7.26. The van der Waals surface area contributed by atoms with Crippen molar-refractivity contribution in [3.05, 3.63) is 81.7 Å². The first-order valence-corrected chi connectivity index (χ1v) is 10.9. The molecule has 3 heteroatoms. The molecule has 1 unspecified atom stereocenters. The highest BCUT2D eigenvalue weighted by molar-refractivity contribution is 6.17. The summed E-state index contributed by atoms with van der Waals surface area (Å²) in [6.07, 6.45) is 11.2. The summed E-state index contributed by atoms with van der Waals surface area (Å²) in [5, 5.41) is 0. The van der Waals surface area contributed by atoms with Gasteiger partial charge in [-0.25, -0.2) is 4.39 Å². The number of aliphatic imine (C=N–C) groups is 1. The molecule has 5 aliphatic rings. The van der Waals surface area contributed by atoms with E-state index in [0.29, 0.717) is 11.5 Å². The SMILES string of the molecule is C=C1CCCC2=C3CN4C(=C)C5=C(C=C4C3=N/C(=C/C(F)=C\1C)C2)C(C)CCC5. The van der Waals surface area contributed by atoms with Crippen LogP contribution in [0.25, 0.3) is 0 Å². The maximum Gasteiger partial charge on any atom is 0.128 e. The molecule has 0 aromatic rings. The lowest BCUT2D eigenvalue weighted by atomic mass is 9.80. The third-order valence-electron chi connectivity index (χ3n) is 7.26. The number of halogens is 1. The molecule has 150 valence electrons. The van der Waals surface area contributed by atoms with E-state index in [0.717, 1.165) is 61.3 Å². The fourth-order valence-electron chi connectivity index (χ4n) is 5.38. The summed E-state index contributed by atoms with van der Waals surface area (Å²) in [4.78, 5) is 7.32. The summed E-state index contributed by atoms with van der Waals surface area (Å²) in [6.45, 7) is 13.6. The first-order valence-electron chi connectivity index (χ1n) is 10.9. The van der Waals surface area contributed by atoms with E-state index in [1.54, 1.807) is 6.08 Å². The minimum atomic E-state index is -0.193. The van der Waals surface area contributed by atoms with Gasteiger partial charge in [0.2, 0.25) is 0 Å². The molecule has 29 heavy (non-hydrogen) atoms. The number of fused-ring (bicyclic) bond motifs is 5. The lowest BCUT2D eigenvalue weighted by Crippen LogP contribution is -2.26. The second-order valence-corrected chi connectivity index (χ2v) is 9.07. The van der Waals surface area contributed by atoms with Gasteiger partial charge in [-0.3, -0.25) is 4.99 Å². The van der Waals surface area contributed by atoms with Gasteiger partial charge in [0.1, 0.15) is 5.83 Å². The van der Waals surface area contributed by atoms with Crippen molar-refractivity contribution in [2.75, 3.05) is 6.54 Å². The van der Waals surface area contributed by atoms with Crippen molar-refractivity contribution in [2.24, 2.45) is 10.9 Å². The fourth-order valence-corrected chi connectivity index (χ4v) is 5.38. The molecule has 0 N–H and O–H groups in total. The summed E-state index contributed by atoms with van der Waals surface area (Å²) in [5.74, 6) is 0.373. The van der Waals surface area contributed by atoms with Gasteiger partial charge in [-0.2, -0.15) is 0 Å². The predicted octanol–water partition coefficient (Wildman–Crippen LogP) is 6.84. The zero-order valence-electron chi connectivity index (χ0n) is 17.6. The van der Waals surface area contributed by atoms with Crippen LogP contribution in [0.4, 0.5) is 4.39 Å². The molecule has 0 radical (unpaired) electrons. The Hall–Kier alpha value is -2.42. The third kappa shape index (κ3) is 2.94. The van der Waals surface area contributed by atoms with Crippen LogP contribution in [0.3, 0.4) is 0 Å². The second-order valence-electron chi connectivity index (χ2n) is 9.07. The van der Waals surface area contributed by atoms with Crippen molar-refractivity contribution in [2.45, 2.75) is 58.8 Å². The molecule has 5 rings (SSSR count). The van der Waals surface area contributed by atoms with Crippen LogP contribution in [0.15, 0.2) is 86.7 Å². The number of hydrogen-bond donors (Lipinski definition) is 0. The average Bonchev–Trinajstić information content (AvgIpc) is 3.07. The number of nitrogens with zero attached hydrogens (tertiary/aromatic N) is 2. The van der Waals surface area contributed by atoms with Gasteiger partial charge >= 0.3 is 0 Å². The van der Waals surface area contributed by atoms with E-state index in [4.69, 9.17) is 4.99 Å². The topological polar surface area (TPSA) is 15.6 Å². The van der Waals surface area contributed by atoms with Crippen molar-refractivity contribution in [1.29, 1.82) is 0 Å². The lowest BCUT2D eigenvalue weighted by Gasteiger charge is -2.35. The Bertz CT molecular complexity index is 1020. The quantitative estimate of drug-likeness (QED) is 0.443. The van der Waals surface area contributed by atoms with E-state index >= 15 is 0 Å². The molecule has 1 atom stereocenters. The van der Waals surface area contributed by atoms with Crippen LogP contribution < -0.4 is 0 Å². The molecule has 0 saturated carbocycles. The Balaban J connectivity index is 1.64. The Morgan fingerprint density at radius 3 is 2.76 bits per heavy atom. The molecule has 0 amide bonds. The van der Waals surface area contributed by atoms with Crippen LogP contribution in [0.5, 0.6) is 0 Å². The molecule has 3 aliphatic heterocycles. The summed E-state index contributed by atoms with van der Waals surface area (Å²) in [6, 6.07) is 0. The van der Waals surface area contributed by atoms with E-state index in [-0.39, 0.29) is 5.83 Å². The van der Waals surface area contributed by atoms with Gasteiger partial charge in [-0.1, -0.05) is 25.7 Å². The molecule has 3 heterocycles. The molecule has 0 aromatic heterocycles. The molecule has 2 bridgehead atoms. The van der Waals surface area contributed by atoms with Crippen molar-refractivity contribution < 1.29 is 4.39 Å². The number of dihydropyridines is 1. The highest BCUT2D eigenvalue weighted by Crippen LogP contribution is 2.46. The monoisotopic (exact) mass is 388 g/mol. The van der Waals surface area contributed by atoms with Crippen LogP contribution in [-0.4, -0.2) is 17.2 Å². The molecular formula is C26H29FN2.